The van der Waals surface area contributed by atoms with Crippen molar-refractivity contribution in [3.8, 4) is 11.6 Å². The third-order valence-electron chi connectivity index (χ3n) is 3.88. The number of pyridine rings is 2. The van der Waals surface area contributed by atoms with Gasteiger partial charge in [-0.15, -0.1) is 0 Å². The Morgan fingerprint density at radius 3 is 2.56 bits per heavy atom. The molecule has 0 fully saturated rings. The van der Waals surface area contributed by atoms with Crippen LogP contribution in [0.2, 0.25) is 0 Å². The Labute approximate surface area is 145 Å². The maximum Gasteiger partial charge on any atom is 0.227 e. The highest BCUT2D eigenvalue weighted by Crippen LogP contribution is 2.26. The lowest BCUT2D eigenvalue weighted by atomic mass is 10.1. The van der Waals surface area contributed by atoms with Gasteiger partial charge >= 0.3 is 0 Å². The van der Waals surface area contributed by atoms with Crippen molar-refractivity contribution < 1.29 is 17.9 Å². The van der Waals surface area contributed by atoms with Crippen molar-refractivity contribution in [1.82, 2.24) is 19.9 Å². The molecule has 0 spiro atoms. The second-order valence-electron chi connectivity index (χ2n) is 5.57. The molecule has 3 aromatic rings. The highest BCUT2D eigenvalue weighted by atomic mass is 32.2. The molecular weight excluding hydrogens is 344 g/mol. The van der Waals surface area contributed by atoms with Crippen molar-refractivity contribution in [2.45, 2.75) is 24.8 Å². The van der Waals surface area contributed by atoms with Crippen molar-refractivity contribution in [3.63, 3.8) is 0 Å². The molecule has 0 radical (unpaired) electrons. The number of aromatic nitrogens is 4. The molecule has 0 aromatic carbocycles. The van der Waals surface area contributed by atoms with E-state index in [9.17, 15) is 8.42 Å². The Morgan fingerprint density at radius 1 is 1.12 bits per heavy atom. The molecule has 0 aliphatic carbocycles. The lowest BCUT2D eigenvalue weighted by Gasteiger charge is -2.11. The molecule has 132 valence electrons. The van der Waals surface area contributed by atoms with E-state index in [0.717, 1.165) is 5.56 Å². The highest BCUT2D eigenvalue weighted by Gasteiger charge is 2.23. The van der Waals surface area contributed by atoms with E-state index in [1.165, 1.54) is 7.11 Å². The molecule has 25 heavy (non-hydrogen) atoms. The molecule has 8 nitrogen and oxygen atoms in total. The van der Waals surface area contributed by atoms with Gasteiger partial charge in [-0.25, -0.2) is 8.42 Å². The largest absolute Gasteiger partial charge is 0.496 e. The van der Waals surface area contributed by atoms with Gasteiger partial charge in [0.15, 0.2) is 5.65 Å². The third kappa shape index (κ3) is 3.14. The number of imidazole rings is 1. The molecule has 0 bridgehead atoms. The fourth-order valence-corrected chi connectivity index (χ4v) is 3.86. The van der Waals surface area contributed by atoms with E-state index in [2.05, 4.69) is 19.9 Å². The van der Waals surface area contributed by atoms with Crippen LogP contribution in [0.1, 0.15) is 16.8 Å². The van der Waals surface area contributed by atoms with Crippen LogP contribution >= 0.6 is 0 Å². The molecular formula is C16H18N4O4S. The smallest absolute Gasteiger partial charge is 0.227 e. The van der Waals surface area contributed by atoms with E-state index in [1.54, 1.807) is 32.4 Å². The van der Waals surface area contributed by atoms with E-state index in [0.29, 0.717) is 28.4 Å². The molecule has 1 N–H and O–H groups in total. The van der Waals surface area contributed by atoms with Crippen molar-refractivity contribution in [3.05, 3.63) is 35.2 Å². The second-order valence-corrected chi connectivity index (χ2v) is 7.48. The lowest BCUT2D eigenvalue weighted by molar-refractivity contribution is 0.399. The average molecular weight is 362 g/mol. The minimum absolute atomic E-state index is 0.149. The van der Waals surface area contributed by atoms with E-state index in [1.807, 2.05) is 6.92 Å². The van der Waals surface area contributed by atoms with Crippen molar-refractivity contribution >= 4 is 21.0 Å². The first-order valence-electron chi connectivity index (χ1n) is 7.48. The third-order valence-corrected chi connectivity index (χ3v) is 5.31. The number of sulfone groups is 1. The normalized spacial score (nSPS) is 11.7. The van der Waals surface area contributed by atoms with Crippen LogP contribution in [0.3, 0.4) is 0 Å². The monoisotopic (exact) mass is 362 g/mol. The first-order chi connectivity index (χ1) is 11.9. The Bertz CT molecular complexity index is 1040. The minimum atomic E-state index is -3.72. The van der Waals surface area contributed by atoms with E-state index >= 15 is 0 Å². The van der Waals surface area contributed by atoms with Crippen LogP contribution in [0, 0.1) is 13.8 Å². The summed E-state index contributed by atoms with van der Waals surface area (Å²) < 4.78 is 35.8. The summed E-state index contributed by atoms with van der Waals surface area (Å²) in [6, 6.07) is 3.30. The first-order valence-corrected chi connectivity index (χ1v) is 9.13. The van der Waals surface area contributed by atoms with Crippen LogP contribution in [0.25, 0.3) is 11.2 Å². The number of hydrogen-bond donors (Lipinski definition) is 1. The van der Waals surface area contributed by atoms with Crippen LogP contribution < -0.4 is 9.47 Å². The van der Waals surface area contributed by atoms with Gasteiger partial charge in [0, 0.05) is 23.4 Å². The number of rotatable bonds is 5. The van der Waals surface area contributed by atoms with Crippen molar-refractivity contribution in [1.29, 1.82) is 0 Å². The van der Waals surface area contributed by atoms with Gasteiger partial charge in [0.1, 0.15) is 11.5 Å². The number of nitrogens with zero attached hydrogens (tertiary/aromatic N) is 3. The number of aromatic amines is 1. The van der Waals surface area contributed by atoms with Gasteiger partial charge in [0.05, 0.1) is 25.4 Å². The molecule has 0 aliphatic heterocycles. The van der Waals surface area contributed by atoms with Gasteiger partial charge < -0.3 is 14.5 Å². The fourth-order valence-electron chi connectivity index (χ4n) is 2.58. The quantitative estimate of drug-likeness (QED) is 0.739. The molecule has 9 heteroatoms. The van der Waals surface area contributed by atoms with Crippen LogP contribution in [0.15, 0.2) is 23.5 Å². The van der Waals surface area contributed by atoms with Crippen LogP contribution in [-0.2, 0) is 15.6 Å². The standard InChI is InChI=1S/C16H18N4O4S/c1-9-7-17-12(10(2)14(9)24-4)8-25(21,22)16-18-11-5-6-13(23-3)19-15(11)20-16/h5-7H,8H2,1-4H3,(H,18,19,20). The summed E-state index contributed by atoms with van der Waals surface area (Å²) in [5.41, 5.74) is 2.77. The zero-order valence-electron chi connectivity index (χ0n) is 14.3. The molecule has 3 aromatic heterocycles. The average Bonchev–Trinajstić information content (AvgIpc) is 3.02. The molecule has 0 atom stereocenters. The number of fused-ring (bicyclic) bond motifs is 1. The van der Waals surface area contributed by atoms with Gasteiger partial charge in [0.25, 0.3) is 0 Å². The number of H-pyrrole nitrogens is 1. The first kappa shape index (κ1) is 17.2. The van der Waals surface area contributed by atoms with Gasteiger partial charge in [-0.2, -0.15) is 9.97 Å². The lowest BCUT2D eigenvalue weighted by Crippen LogP contribution is -2.10. The number of ether oxygens (including phenoxy) is 2. The van der Waals surface area contributed by atoms with Crippen molar-refractivity contribution in [2.24, 2.45) is 0 Å². The molecule has 3 heterocycles. The number of methoxy groups -OCH3 is 2. The number of aryl methyl sites for hydroxylation is 1. The summed E-state index contributed by atoms with van der Waals surface area (Å²) in [7, 11) is -0.689. The maximum absolute atomic E-state index is 12.7. The SMILES string of the molecule is COc1ccc2[nH]c(S(=O)(=O)Cc3ncc(C)c(OC)c3C)nc2n1. The van der Waals surface area contributed by atoms with Gasteiger partial charge in [-0.1, -0.05) is 0 Å². The Morgan fingerprint density at radius 2 is 1.88 bits per heavy atom. The molecule has 0 aliphatic rings. The fraction of sp³-hybridized carbons (Fsp3) is 0.312. The Balaban J connectivity index is 2.00. The summed E-state index contributed by atoms with van der Waals surface area (Å²) in [4.78, 5) is 15.2. The van der Waals surface area contributed by atoms with Gasteiger partial charge in [-0.05, 0) is 19.9 Å². The van der Waals surface area contributed by atoms with Crippen LogP contribution in [-0.4, -0.2) is 42.6 Å². The molecule has 0 saturated carbocycles. The summed E-state index contributed by atoms with van der Waals surface area (Å²) in [6.07, 6.45) is 1.60. The Hall–Kier alpha value is -2.68. The second kappa shape index (κ2) is 6.32. The Kier molecular flexibility index (Phi) is 4.34. The maximum atomic E-state index is 12.7. The summed E-state index contributed by atoms with van der Waals surface area (Å²) in [5.74, 6) is 0.715. The zero-order chi connectivity index (χ0) is 18.2. The number of nitrogens with one attached hydrogen (secondary N) is 1. The molecule has 0 amide bonds. The minimum Gasteiger partial charge on any atom is -0.496 e. The van der Waals surface area contributed by atoms with Crippen molar-refractivity contribution in [2.75, 3.05) is 14.2 Å². The summed E-state index contributed by atoms with van der Waals surface area (Å²) in [6.45, 7) is 3.64. The predicted octanol–water partition coefficient (Wildman–Crippen LogP) is 1.96. The molecule has 0 unspecified atom stereocenters. The predicted molar refractivity (Wildman–Crippen MR) is 91.6 cm³/mol. The number of hydrogen-bond acceptors (Lipinski definition) is 7. The van der Waals surface area contributed by atoms with Gasteiger partial charge in [-0.3, -0.25) is 4.98 Å². The van der Waals surface area contributed by atoms with Crippen LogP contribution in [0.5, 0.6) is 11.6 Å². The van der Waals surface area contributed by atoms with E-state index < -0.39 is 9.84 Å². The van der Waals surface area contributed by atoms with Crippen LogP contribution in [0.4, 0.5) is 0 Å². The molecule has 3 rings (SSSR count). The van der Waals surface area contributed by atoms with E-state index in [4.69, 9.17) is 9.47 Å². The highest BCUT2D eigenvalue weighted by molar-refractivity contribution is 7.90. The van der Waals surface area contributed by atoms with E-state index in [-0.39, 0.29) is 16.6 Å². The summed E-state index contributed by atoms with van der Waals surface area (Å²) in [5, 5.41) is -0.149. The molecule has 0 saturated heterocycles. The van der Waals surface area contributed by atoms with Gasteiger partial charge in [0.2, 0.25) is 20.9 Å². The summed E-state index contributed by atoms with van der Waals surface area (Å²) >= 11 is 0. The zero-order valence-corrected chi connectivity index (χ0v) is 15.1. The topological polar surface area (TPSA) is 107 Å².